The van der Waals surface area contributed by atoms with Gasteiger partial charge in [0.15, 0.2) is 0 Å². The first kappa shape index (κ1) is 23.2. The topological polar surface area (TPSA) is 72.3 Å². The first-order valence-corrected chi connectivity index (χ1v) is 9.02. The van der Waals surface area contributed by atoms with Crippen molar-refractivity contribution in [1.82, 2.24) is 5.32 Å². The number of hydrogen-bond donors (Lipinski definition) is 1. The molecule has 0 fully saturated rings. The maximum absolute atomic E-state index is 9.06. The number of nitrogens with zero attached hydrogens (tertiary/aromatic N) is 2. The van der Waals surface area contributed by atoms with Gasteiger partial charge in [-0.25, -0.2) is 0 Å². The van der Waals surface area contributed by atoms with Gasteiger partial charge in [0.05, 0.1) is 11.4 Å². The van der Waals surface area contributed by atoms with Gasteiger partial charge in [-0.2, -0.15) is 0 Å². The van der Waals surface area contributed by atoms with Gasteiger partial charge in [-0.05, 0) is 44.0 Å². The number of nitrogens with one attached hydrogen (secondary N) is 1. The average Bonchev–Trinajstić information content (AvgIpc) is 2.70. The summed E-state index contributed by atoms with van der Waals surface area (Å²) in [5.41, 5.74) is 5.74. The van der Waals surface area contributed by atoms with Crippen LogP contribution in [0.5, 0.6) is 0 Å². The fourth-order valence-corrected chi connectivity index (χ4v) is 2.48. The fourth-order valence-electron chi connectivity index (χ4n) is 2.36. The molecule has 150 valence electrons. The van der Waals surface area contributed by atoms with E-state index in [1.54, 1.807) is 7.05 Å². The summed E-state index contributed by atoms with van der Waals surface area (Å²) in [7, 11) is 3.10. The molecule has 1 N–H and O–H groups in total. The first-order valence-electron chi connectivity index (χ1n) is 8.64. The van der Waals surface area contributed by atoms with Crippen molar-refractivity contribution in [1.29, 1.82) is 0 Å². The highest BCUT2D eigenvalue weighted by Crippen LogP contribution is 2.17. The lowest BCUT2D eigenvalue weighted by Gasteiger charge is -2.11. The number of halogens is 1. The van der Waals surface area contributed by atoms with Crippen molar-refractivity contribution >= 4 is 29.4 Å². The molecule has 0 saturated heterocycles. The van der Waals surface area contributed by atoms with Crippen LogP contribution in [0.15, 0.2) is 52.8 Å². The normalized spacial score (nSPS) is 11.2. The van der Waals surface area contributed by atoms with Gasteiger partial charge >= 0.3 is 0 Å². The van der Waals surface area contributed by atoms with E-state index in [-0.39, 0.29) is 0 Å². The Labute approximate surface area is 171 Å². The molecule has 1 amide bonds. The SMILES string of the molecule is CNC=O.CO/N=C(/C)c1cccc(C)c1CO/N=C(\C)c1ccc(Cl)cc1. The molecule has 0 aliphatic rings. The van der Waals surface area contributed by atoms with Crippen molar-refractivity contribution in [2.75, 3.05) is 14.2 Å². The molecule has 0 unspecified atom stereocenters. The van der Waals surface area contributed by atoms with Crippen molar-refractivity contribution in [3.63, 3.8) is 0 Å². The molecule has 2 rings (SSSR count). The van der Waals surface area contributed by atoms with Crippen LogP contribution in [-0.2, 0) is 21.1 Å². The van der Waals surface area contributed by atoms with E-state index < -0.39 is 0 Å². The molecule has 6 nitrogen and oxygen atoms in total. The minimum absolute atomic E-state index is 0.365. The molecule has 0 radical (unpaired) electrons. The van der Waals surface area contributed by atoms with Crippen LogP contribution in [0, 0.1) is 6.92 Å². The molecule has 0 atom stereocenters. The first-order chi connectivity index (χ1) is 13.4. The highest BCUT2D eigenvalue weighted by Gasteiger charge is 2.09. The highest BCUT2D eigenvalue weighted by atomic mass is 35.5. The van der Waals surface area contributed by atoms with Crippen LogP contribution in [0.3, 0.4) is 0 Å². The van der Waals surface area contributed by atoms with Crippen molar-refractivity contribution in [2.45, 2.75) is 27.4 Å². The maximum Gasteiger partial charge on any atom is 0.206 e. The Morgan fingerprint density at radius 2 is 1.75 bits per heavy atom. The Morgan fingerprint density at radius 3 is 2.32 bits per heavy atom. The smallest absolute Gasteiger partial charge is 0.206 e. The Bertz CT molecular complexity index is 818. The van der Waals surface area contributed by atoms with Crippen LogP contribution in [0.2, 0.25) is 5.02 Å². The molecule has 2 aromatic carbocycles. The second-order valence-electron chi connectivity index (χ2n) is 5.82. The quantitative estimate of drug-likeness (QED) is 0.425. The van der Waals surface area contributed by atoms with Crippen LogP contribution in [0.25, 0.3) is 0 Å². The van der Waals surface area contributed by atoms with Crippen LogP contribution in [0.4, 0.5) is 0 Å². The van der Waals surface area contributed by atoms with Gasteiger partial charge in [0.25, 0.3) is 0 Å². The summed E-state index contributed by atoms with van der Waals surface area (Å²) in [4.78, 5) is 19.5. The molecular weight excluding hydrogens is 378 g/mol. The van der Waals surface area contributed by atoms with Gasteiger partial charge in [-0.1, -0.05) is 52.2 Å². The maximum atomic E-state index is 9.06. The molecule has 0 spiro atoms. The third-order valence-electron chi connectivity index (χ3n) is 3.82. The van der Waals surface area contributed by atoms with Crippen molar-refractivity contribution in [2.24, 2.45) is 10.3 Å². The number of oxime groups is 2. The van der Waals surface area contributed by atoms with Gasteiger partial charge < -0.3 is 15.0 Å². The van der Waals surface area contributed by atoms with Crippen LogP contribution < -0.4 is 5.32 Å². The monoisotopic (exact) mass is 403 g/mol. The van der Waals surface area contributed by atoms with Crippen LogP contribution in [-0.4, -0.2) is 32.0 Å². The molecule has 2 aromatic rings. The summed E-state index contributed by atoms with van der Waals surface area (Å²) in [5.74, 6) is 0. The van der Waals surface area contributed by atoms with E-state index in [2.05, 4.69) is 15.6 Å². The third-order valence-corrected chi connectivity index (χ3v) is 4.07. The highest BCUT2D eigenvalue weighted by molar-refractivity contribution is 6.30. The molecule has 0 aromatic heterocycles. The number of carbonyl (C=O) groups is 1. The van der Waals surface area contributed by atoms with E-state index in [0.29, 0.717) is 18.0 Å². The lowest BCUT2D eigenvalue weighted by Crippen LogP contribution is -2.05. The largest absolute Gasteiger partial charge is 0.399 e. The van der Waals surface area contributed by atoms with Gasteiger partial charge in [-0.3, -0.25) is 4.79 Å². The van der Waals surface area contributed by atoms with Gasteiger partial charge in [-0.15, -0.1) is 0 Å². The zero-order chi connectivity index (χ0) is 20.9. The summed E-state index contributed by atoms with van der Waals surface area (Å²) in [6.45, 7) is 6.21. The second kappa shape index (κ2) is 12.5. The summed E-state index contributed by atoms with van der Waals surface area (Å²) in [5, 5.41) is 11.2. The Balaban J connectivity index is 0.000000892. The predicted octanol–water partition coefficient (Wildman–Crippen LogP) is 4.32. The summed E-state index contributed by atoms with van der Waals surface area (Å²) < 4.78 is 0. The molecule has 0 aliphatic heterocycles. The zero-order valence-corrected chi connectivity index (χ0v) is 17.6. The van der Waals surface area contributed by atoms with Gasteiger partial charge in [0, 0.05) is 23.2 Å². The average molecular weight is 404 g/mol. The van der Waals surface area contributed by atoms with Crippen LogP contribution >= 0.6 is 11.6 Å². The van der Waals surface area contributed by atoms with Crippen molar-refractivity contribution in [3.8, 4) is 0 Å². The number of aryl methyl sites for hydroxylation is 1. The van der Waals surface area contributed by atoms with Gasteiger partial charge in [0.2, 0.25) is 6.41 Å². The van der Waals surface area contributed by atoms with E-state index in [0.717, 1.165) is 33.7 Å². The van der Waals surface area contributed by atoms with Gasteiger partial charge in [0.1, 0.15) is 13.7 Å². The fraction of sp³-hybridized carbons (Fsp3) is 0.286. The summed E-state index contributed by atoms with van der Waals surface area (Å²) in [6, 6.07) is 13.5. The van der Waals surface area contributed by atoms with Crippen molar-refractivity contribution < 1.29 is 14.5 Å². The second-order valence-corrected chi connectivity index (χ2v) is 6.26. The number of benzene rings is 2. The number of carbonyl (C=O) groups excluding carboxylic acids is 1. The predicted molar refractivity (Wildman–Crippen MR) is 114 cm³/mol. The summed E-state index contributed by atoms with van der Waals surface area (Å²) in [6.07, 6.45) is 0.625. The zero-order valence-electron chi connectivity index (χ0n) is 16.8. The molecule has 28 heavy (non-hydrogen) atoms. The minimum Gasteiger partial charge on any atom is -0.399 e. The molecule has 0 heterocycles. The van der Waals surface area contributed by atoms with E-state index in [9.17, 15) is 0 Å². The lowest BCUT2D eigenvalue weighted by atomic mass is 10.00. The molecule has 7 heteroatoms. The Hall–Kier alpha value is -2.86. The molecule has 0 bridgehead atoms. The summed E-state index contributed by atoms with van der Waals surface area (Å²) >= 11 is 5.90. The number of rotatable bonds is 7. The van der Waals surface area contributed by atoms with E-state index in [1.807, 2.05) is 63.2 Å². The Morgan fingerprint density at radius 1 is 1.11 bits per heavy atom. The van der Waals surface area contributed by atoms with Crippen molar-refractivity contribution in [3.05, 3.63) is 69.7 Å². The van der Waals surface area contributed by atoms with E-state index in [4.69, 9.17) is 26.1 Å². The standard InChI is InChI=1S/C19H21ClN2O2.C2H5NO/c1-13-6-5-7-18(15(3)21-23-4)19(13)12-24-22-14(2)16-8-10-17(20)11-9-16;1-3-2-4/h5-11H,12H2,1-4H3;2H,1H3,(H,3,4)/b21-15-,22-14+;. The minimum atomic E-state index is 0.365. The van der Waals surface area contributed by atoms with Crippen LogP contribution in [0.1, 0.15) is 36.1 Å². The third kappa shape index (κ3) is 7.40. The van der Waals surface area contributed by atoms with E-state index in [1.165, 1.54) is 7.11 Å². The number of amides is 1. The Kier molecular flexibility index (Phi) is 10.4. The number of hydrogen-bond acceptors (Lipinski definition) is 5. The molecular formula is C21H26ClN3O3. The lowest BCUT2D eigenvalue weighted by molar-refractivity contribution is -0.109. The molecule has 0 saturated carbocycles. The van der Waals surface area contributed by atoms with E-state index >= 15 is 0 Å². The molecule has 0 aliphatic carbocycles.